The number of pyridine rings is 1. The summed E-state index contributed by atoms with van der Waals surface area (Å²) in [5, 5.41) is 1.10. The number of ether oxygens (including phenoxy) is 1. The molecule has 1 aliphatic heterocycles. The molecule has 7 heteroatoms. The number of carbonyl (C=O) groups excluding carboxylic acids is 1. The van der Waals surface area contributed by atoms with Gasteiger partial charge in [0.1, 0.15) is 5.75 Å². The molecule has 38 heavy (non-hydrogen) atoms. The van der Waals surface area contributed by atoms with Gasteiger partial charge in [-0.2, -0.15) is 0 Å². The molecule has 0 atom stereocenters. The summed E-state index contributed by atoms with van der Waals surface area (Å²) in [6.07, 6.45) is 4.31. The number of amides is 1. The lowest BCUT2D eigenvalue weighted by Crippen LogP contribution is -2.50. The van der Waals surface area contributed by atoms with Crippen LogP contribution in [-0.2, 0) is 5.41 Å². The SMILES string of the molecule is COc1cc(NSc2cccc3cccnc23)ccc1C(=O)N1CCN(CC2(c3ccccc3)CC2)CC1. The number of para-hydroxylation sites is 1. The number of nitrogens with one attached hydrogen (secondary N) is 1. The first-order valence-electron chi connectivity index (χ1n) is 13.2. The minimum Gasteiger partial charge on any atom is -0.496 e. The van der Waals surface area contributed by atoms with Gasteiger partial charge < -0.3 is 14.4 Å². The molecule has 1 saturated carbocycles. The summed E-state index contributed by atoms with van der Waals surface area (Å²) < 4.78 is 9.03. The summed E-state index contributed by atoms with van der Waals surface area (Å²) in [5.41, 5.74) is 4.19. The van der Waals surface area contributed by atoms with Crippen molar-refractivity contribution in [2.45, 2.75) is 23.2 Å². The Morgan fingerprint density at radius 2 is 1.76 bits per heavy atom. The van der Waals surface area contributed by atoms with Crippen LogP contribution in [-0.4, -0.2) is 60.5 Å². The first-order valence-corrected chi connectivity index (χ1v) is 14.0. The van der Waals surface area contributed by atoms with Gasteiger partial charge in [-0.3, -0.25) is 14.7 Å². The molecule has 6 nitrogen and oxygen atoms in total. The molecule has 6 rings (SSSR count). The number of benzene rings is 3. The first-order chi connectivity index (χ1) is 18.6. The van der Waals surface area contributed by atoms with E-state index in [0.29, 0.717) is 16.7 Å². The molecular weight excluding hydrogens is 492 g/mol. The number of fused-ring (bicyclic) bond motifs is 1. The lowest BCUT2D eigenvalue weighted by atomic mass is 9.95. The van der Waals surface area contributed by atoms with Gasteiger partial charge in [0.15, 0.2) is 0 Å². The largest absolute Gasteiger partial charge is 0.496 e. The van der Waals surface area contributed by atoms with Crippen LogP contribution < -0.4 is 9.46 Å². The molecule has 1 amide bonds. The number of piperazine rings is 1. The second-order valence-corrected chi connectivity index (χ2v) is 11.0. The van der Waals surface area contributed by atoms with Gasteiger partial charge in [-0.1, -0.05) is 48.5 Å². The van der Waals surface area contributed by atoms with Crippen LogP contribution in [0.4, 0.5) is 5.69 Å². The summed E-state index contributed by atoms with van der Waals surface area (Å²) in [6.45, 7) is 4.34. The highest BCUT2D eigenvalue weighted by molar-refractivity contribution is 8.00. The number of anilines is 1. The van der Waals surface area contributed by atoms with Crippen LogP contribution in [0.3, 0.4) is 0 Å². The maximum Gasteiger partial charge on any atom is 0.257 e. The maximum absolute atomic E-state index is 13.4. The van der Waals surface area contributed by atoms with E-state index in [2.05, 4.69) is 57.1 Å². The molecule has 3 aromatic carbocycles. The van der Waals surface area contributed by atoms with Gasteiger partial charge in [-0.05, 0) is 54.6 Å². The van der Waals surface area contributed by atoms with E-state index in [-0.39, 0.29) is 5.91 Å². The van der Waals surface area contributed by atoms with Crippen LogP contribution >= 0.6 is 11.9 Å². The Hall–Kier alpha value is -3.55. The quantitative estimate of drug-likeness (QED) is 0.292. The zero-order valence-corrected chi connectivity index (χ0v) is 22.4. The van der Waals surface area contributed by atoms with Crippen LogP contribution in [0.2, 0.25) is 0 Å². The van der Waals surface area contributed by atoms with E-state index < -0.39 is 0 Å². The molecule has 0 unspecified atom stereocenters. The van der Waals surface area contributed by atoms with E-state index in [9.17, 15) is 4.79 Å². The van der Waals surface area contributed by atoms with E-state index in [1.165, 1.54) is 30.4 Å². The summed E-state index contributed by atoms with van der Waals surface area (Å²) in [4.78, 5) is 23.5. The minimum absolute atomic E-state index is 0.0307. The lowest BCUT2D eigenvalue weighted by Gasteiger charge is -2.37. The van der Waals surface area contributed by atoms with E-state index in [1.54, 1.807) is 7.11 Å². The highest BCUT2D eigenvalue weighted by atomic mass is 32.2. The van der Waals surface area contributed by atoms with Crippen molar-refractivity contribution >= 4 is 34.4 Å². The molecule has 0 spiro atoms. The van der Waals surface area contributed by atoms with Gasteiger partial charge in [-0.15, -0.1) is 0 Å². The fraction of sp³-hybridized carbons (Fsp3) is 0.290. The third kappa shape index (κ3) is 5.08. The molecule has 1 aromatic heterocycles. The van der Waals surface area contributed by atoms with Crippen molar-refractivity contribution in [3.63, 3.8) is 0 Å². The number of carbonyl (C=O) groups is 1. The fourth-order valence-electron chi connectivity index (χ4n) is 5.39. The lowest BCUT2D eigenvalue weighted by molar-refractivity contribution is 0.0622. The molecule has 0 bridgehead atoms. The third-order valence-electron chi connectivity index (χ3n) is 7.73. The first kappa shape index (κ1) is 24.8. The van der Waals surface area contributed by atoms with Gasteiger partial charge in [-0.25, -0.2) is 0 Å². The van der Waals surface area contributed by atoms with E-state index in [4.69, 9.17) is 4.74 Å². The number of rotatable bonds is 8. The molecule has 1 aliphatic carbocycles. The zero-order chi connectivity index (χ0) is 26.0. The standard InChI is InChI=1S/C31H32N4O2S/c1-37-27-21-25(33-38-28-11-5-7-23-8-6-16-32-29(23)28)12-13-26(27)30(36)35-19-17-34(18-20-35)22-31(14-15-31)24-9-3-2-4-10-24/h2-13,16,21,33H,14-15,17-20,22H2,1H3. The molecule has 4 aromatic rings. The Morgan fingerprint density at radius 1 is 0.974 bits per heavy atom. The molecule has 2 fully saturated rings. The number of hydrogen-bond acceptors (Lipinski definition) is 6. The Bertz CT molecular complexity index is 1430. The number of nitrogens with zero attached hydrogens (tertiary/aromatic N) is 3. The molecule has 2 aliphatic rings. The fourth-order valence-corrected chi connectivity index (χ4v) is 6.16. The van der Waals surface area contributed by atoms with E-state index in [1.807, 2.05) is 47.5 Å². The van der Waals surface area contributed by atoms with Crippen molar-refractivity contribution in [3.05, 3.63) is 96.2 Å². The zero-order valence-electron chi connectivity index (χ0n) is 21.6. The number of hydrogen-bond donors (Lipinski definition) is 1. The van der Waals surface area contributed by atoms with Gasteiger partial charge in [0.2, 0.25) is 0 Å². The van der Waals surface area contributed by atoms with Crippen molar-refractivity contribution in [3.8, 4) is 5.75 Å². The van der Waals surface area contributed by atoms with Crippen LogP contribution in [0, 0.1) is 0 Å². The Morgan fingerprint density at radius 3 is 2.53 bits per heavy atom. The van der Waals surface area contributed by atoms with Crippen LogP contribution in [0.5, 0.6) is 5.75 Å². The van der Waals surface area contributed by atoms with Crippen LogP contribution in [0.25, 0.3) is 10.9 Å². The minimum atomic E-state index is 0.0307. The number of methoxy groups -OCH3 is 1. The van der Waals surface area contributed by atoms with Crippen molar-refractivity contribution in [1.29, 1.82) is 0 Å². The molecular formula is C31H32N4O2S. The van der Waals surface area contributed by atoms with Crippen LogP contribution in [0.15, 0.2) is 90.0 Å². The monoisotopic (exact) mass is 524 g/mol. The summed E-state index contributed by atoms with van der Waals surface area (Å²) in [7, 11) is 1.62. The smallest absolute Gasteiger partial charge is 0.257 e. The summed E-state index contributed by atoms with van der Waals surface area (Å²) >= 11 is 1.50. The number of aromatic nitrogens is 1. The molecule has 1 N–H and O–H groups in total. The van der Waals surface area contributed by atoms with Crippen molar-refractivity contribution in [1.82, 2.24) is 14.8 Å². The third-order valence-corrected chi connectivity index (χ3v) is 8.62. The van der Waals surface area contributed by atoms with Gasteiger partial charge in [0, 0.05) is 61.5 Å². The predicted octanol–water partition coefficient (Wildman–Crippen LogP) is 5.85. The van der Waals surface area contributed by atoms with Gasteiger partial charge >= 0.3 is 0 Å². The van der Waals surface area contributed by atoms with Crippen molar-refractivity contribution in [2.24, 2.45) is 0 Å². The van der Waals surface area contributed by atoms with E-state index >= 15 is 0 Å². The molecule has 2 heterocycles. The van der Waals surface area contributed by atoms with Crippen molar-refractivity contribution < 1.29 is 9.53 Å². The Balaban J connectivity index is 1.08. The predicted molar refractivity (Wildman–Crippen MR) is 154 cm³/mol. The maximum atomic E-state index is 13.4. The van der Waals surface area contributed by atoms with Gasteiger partial charge in [0.05, 0.1) is 23.1 Å². The molecule has 194 valence electrons. The normalized spacial score (nSPS) is 16.8. The Kier molecular flexibility index (Phi) is 6.96. The highest BCUT2D eigenvalue weighted by Crippen LogP contribution is 2.48. The van der Waals surface area contributed by atoms with Crippen LogP contribution in [0.1, 0.15) is 28.8 Å². The summed E-state index contributed by atoms with van der Waals surface area (Å²) in [5.74, 6) is 0.614. The summed E-state index contributed by atoms with van der Waals surface area (Å²) in [6, 6.07) is 26.7. The second-order valence-electron chi connectivity index (χ2n) is 10.2. The average molecular weight is 525 g/mol. The van der Waals surface area contributed by atoms with E-state index in [0.717, 1.165) is 54.2 Å². The van der Waals surface area contributed by atoms with Gasteiger partial charge in [0.25, 0.3) is 5.91 Å². The van der Waals surface area contributed by atoms with Crippen molar-refractivity contribution in [2.75, 3.05) is 44.6 Å². The highest BCUT2D eigenvalue weighted by Gasteiger charge is 2.45. The molecule has 0 radical (unpaired) electrons. The Labute approximate surface area is 228 Å². The topological polar surface area (TPSA) is 57.7 Å². The molecule has 1 saturated heterocycles. The second kappa shape index (κ2) is 10.7. The average Bonchev–Trinajstić information content (AvgIpc) is 3.77.